The SMILES string of the molecule is COCCc1ccc(CCc2cc(F)c(C#Cc3ccc4c(F)c(F)ccc4c3)c(F)c2)cc1. The lowest BCUT2D eigenvalue weighted by molar-refractivity contribution is 0.202. The minimum absolute atomic E-state index is 0.122. The molecule has 4 rings (SSSR count). The monoisotopic (exact) mass is 462 g/mol. The fourth-order valence-electron chi connectivity index (χ4n) is 3.75. The molecule has 0 aliphatic heterocycles. The predicted molar refractivity (Wildman–Crippen MR) is 126 cm³/mol. The summed E-state index contributed by atoms with van der Waals surface area (Å²) in [5.74, 6) is 1.91. The molecule has 0 heterocycles. The average molecular weight is 462 g/mol. The summed E-state index contributed by atoms with van der Waals surface area (Å²) in [4.78, 5) is 0. The molecule has 1 nitrogen and oxygen atoms in total. The number of methoxy groups -OCH3 is 1. The van der Waals surface area contributed by atoms with Gasteiger partial charge in [-0.25, -0.2) is 17.6 Å². The maximum absolute atomic E-state index is 14.6. The Morgan fingerprint density at radius 3 is 1.97 bits per heavy atom. The highest BCUT2D eigenvalue weighted by molar-refractivity contribution is 5.84. The molecule has 5 heteroatoms. The van der Waals surface area contributed by atoms with E-state index in [9.17, 15) is 17.6 Å². The number of halogens is 4. The first-order valence-corrected chi connectivity index (χ1v) is 10.9. The van der Waals surface area contributed by atoms with E-state index >= 15 is 0 Å². The molecular weight excluding hydrogens is 440 g/mol. The molecule has 0 amide bonds. The van der Waals surface area contributed by atoms with E-state index in [4.69, 9.17) is 4.74 Å². The topological polar surface area (TPSA) is 9.23 Å². The van der Waals surface area contributed by atoms with Crippen LogP contribution >= 0.6 is 0 Å². The van der Waals surface area contributed by atoms with Gasteiger partial charge in [0.2, 0.25) is 0 Å². The molecule has 0 radical (unpaired) electrons. The van der Waals surface area contributed by atoms with Gasteiger partial charge in [-0.1, -0.05) is 48.2 Å². The van der Waals surface area contributed by atoms with Gasteiger partial charge in [-0.3, -0.25) is 0 Å². The van der Waals surface area contributed by atoms with Crippen molar-refractivity contribution >= 4 is 10.8 Å². The highest BCUT2D eigenvalue weighted by Crippen LogP contribution is 2.22. The molecule has 0 aliphatic rings. The van der Waals surface area contributed by atoms with Crippen LogP contribution in [0.25, 0.3) is 10.8 Å². The van der Waals surface area contributed by atoms with Gasteiger partial charge in [-0.05, 0) is 71.7 Å². The molecule has 0 N–H and O–H groups in total. The van der Waals surface area contributed by atoms with Crippen molar-refractivity contribution in [2.45, 2.75) is 19.3 Å². The van der Waals surface area contributed by atoms with Gasteiger partial charge in [-0.15, -0.1) is 0 Å². The van der Waals surface area contributed by atoms with Gasteiger partial charge in [0.25, 0.3) is 0 Å². The summed E-state index contributed by atoms with van der Waals surface area (Å²) < 4.78 is 61.5. The summed E-state index contributed by atoms with van der Waals surface area (Å²) in [6.45, 7) is 0.659. The van der Waals surface area contributed by atoms with Crippen LogP contribution in [-0.4, -0.2) is 13.7 Å². The molecule has 0 bridgehead atoms. The first-order valence-electron chi connectivity index (χ1n) is 10.9. The average Bonchev–Trinajstić information content (AvgIpc) is 2.84. The van der Waals surface area contributed by atoms with Crippen molar-refractivity contribution in [3.8, 4) is 11.8 Å². The van der Waals surface area contributed by atoms with Crippen LogP contribution < -0.4 is 0 Å². The normalized spacial score (nSPS) is 10.9. The Kier molecular flexibility index (Phi) is 7.30. The van der Waals surface area contributed by atoms with Crippen LogP contribution in [0.5, 0.6) is 0 Å². The lowest BCUT2D eigenvalue weighted by Gasteiger charge is -2.06. The van der Waals surface area contributed by atoms with Crippen molar-refractivity contribution in [1.82, 2.24) is 0 Å². The second-order valence-electron chi connectivity index (χ2n) is 8.04. The zero-order chi connectivity index (χ0) is 24.1. The Bertz CT molecular complexity index is 1360. The van der Waals surface area contributed by atoms with Crippen molar-refractivity contribution in [1.29, 1.82) is 0 Å². The van der Waals surface area contributed by atoms with Crippen LogP contribution in [-0.2, 0) is 24.0 Å². The molecule has 0 fully saturated rings. The van der Waals surface area contributed by atoms with Crippen LogP contribution in [0.2, 0.25) is 0 Å². The number of aryl methyl sites for hydroxylation is 2. The summed E-state index contributed by atoms with van der Waals surface area (Å²) in [7, 11) is 1.67. The molecule has 0 spiro atoms. The molecule has 0 aliphatic carbocycles. The van der Waals surface area contributed by atoms with Gasteiger partial charge in [0.15, 0.2) is 11.6 Å². The third-order valence-corrected chi connectivity index (χ3v) is 5.66. The fourth-order valence-corrected chi connectivity index (χ4v) is 3.75. The second-order valence-corrected chi connectivity index (χ2v) is 8.04. The fraction of sp³-hybridized carbons (Fsp3) is 0.172. The Balaban J connectivity index is 1.47. The van der Waals surface area contributed by atoms with E-state index in [-0.39, 0.29) is 10.9 Å². The van der Waals surface area contributed by atoms with E-state index in [0.717, 1.165) is 18.1 Å². The largest absolute Gasteiger partial charge is 0.384 e. The third-order valence-electron chi connectivity index (χ3n) is 5.66. The van der Waals surface area contributed by atoms with Crippen LogP contribution in [0.15, 0.2) is 66.7 Å². The number of ether oxygens (including phenoxy) is 1. The lowest BCUT2D eigenvalue weighted by atomic mass is 10.0. The van der Waals surface area contributed by atoms with Crippen LogP contribution in [0, 0.1) is 35.1 Å². The Hall–Kier alpha value is -3.62. The standard InChI is InChI=1S/C29H22F4O/c1-34-15-14-20-4-2-19(3-5-20)6-7-22-17-27(31)25(28(32)18-22)12-9-21-8-11-24-23(16-21)10-13-26(30)29(24)33/h2-5,8,10-11,13,16-18H,6-7,14-15H2,1H3. The number of benzene rings is 4. The highest BCUT2D eigenvalue weighted by atomic mass is 19.2. The van der Waals surface area contributed by atoms with E-state index < -0.39 is 23.3 Å². The molecule has 34 heavy (non-hydrogen) atoms. The van der Waals surface area contributed by atoms with E-state index in [1.807, 2.05) is 24.3 Å². The first kappa shape index (κ1) is 23.5. The Morgan fingerprint density at radius 1 is 0.647 bits per heavy atom. The second kappa shape index (κ2) is 10.5. The first-order chi connectivity index (χ1) is 16.4. The van der Waals surface area contributed by atoms with Crippen molar-refractivity contribution in [2.24, 2.45) is 0 Å². The number of hydrogen-bond donors (Lipinski definition) is 0. The van der Waals surface area contributed by atoms with Crippen molar-refractivity contribution in [3.05, 3.63) is 118 Å². The summed E-state index contributed by atoms with van der Waals surface area (Å²) in [6, 6.07) is 17.6. The molecule has 4 aromatic rings. The van der Waals surface area contributed by atoms with Crippen LogP contribution in [0.3, 0.4) is 0 Å². The molecule has 0 aromatic heterocycles. The van der Waals surface area contributed by atoms with Gasteiger partial charge in [0, 0.05) is 18.1 Å². The molecule has 4 aromatic carbocycles. The third kappa shape index (κ3) is 5.47. The Labute approximate surface area is 196 Å². The molecule has 0 atom stereocenters. The van der Waals surface area contributed by atoms with E-state index in [1.54, 1.807) is 13.2 Å². The molecular formula is C29H22F4O. The highest BCUT2D eigenvalue weighted by Gasteiger charge is 2.10. The van der Waals surface area contributed by atoms with Gasteiger partial charge in [-0.2, -0.15) is 0 Å². The molecule has 0 saturated heterocycles. The summed E-state index contributed by atoms with van der Waals surface area (Å²) in [6.07, 6.45) is 1.98. The summed E-state index contributed by atoms with van der Waals surface area (Å²) in [5, 5.41) is 0.575. The molecule has 0 unspecified atom stereocenters. The van der Waals surface area contributed by atoms with Gasteiger partial charge in [0.1, 0.15) is 11.6 Å². The Morgan fingerprint density at radius 2 is 1.29 bits per heavy atom. The zero-order valence-corrected chi connectivity index (χ0v) is 18.6. The maximum Gasteiger partial charge on any atom is 0.166 e. The van der Waals surface area contributed by atoms with Gasteiger partial charge >= 0.3 is 0 Å². The van der Waals surface area contributed by atoms with Crippen LogP contribution in [0.1, 0.15) is 27.8 Å². The number of hydrogen-bond acceptors (Lipinski definition) is 1. The zero-order valence-electron chi connectivity index (χ0n) is 18.6. The summed E-state index contributed by atoms with van der Waals surface area (Å²) >= 11 is 0. The van der Waals surface area contributed by atoms with Crippen LogP contribution in [0.4, 0.5) is 17.6 Å². The van der Waals surface area contributed by atoms with Gasteiger partial charge in [0.05, 0.1) is 12.2 Å². The number of rotatable bonds is 6. The number of fused-ring (bicyclic) bond motifs is 1. The quantitative estimate of drug-likeness (QED) is 0.227. The maximum atomic E-state index is 14.6. The summed E-state index contributed by atoms with van der Waals surface area (Å²) in [5.41, 5.74) is 2.92. The van der Waals surface area contributed by atoms with E-state index in [2.05, 4.69) is 11.8 Å². The lowest BCUT2D eigenvalue weighted by Crippen LogP contribution is -1.98. The predicted octanol–water partition coefficient (Wildman–Crippen LogP) is 6.77. The molecule has 0 saturated carbocycles. The van der Waals surface area contributed by atoms with Crippen molar-refractivity contribution in [3.63, 3.8) is 0 Å². The smallest absolute Gasteiger partial charge is 0.166 e. The van der Waals surface area contributed by atoms with Crippen molar-refractivity contribution < 1.29 is 22.3 Å². The van der Waals surface area contributed by atoms with E-state index in [1.165, 1.54) is 35.9 Å². The van der Waals surface area contributed by atoms with E-state index in [0.29, 0.717) is 36.0 Å². The molecule has 172 valence electrons. The van der Waals surface area contributed by atoms with Gasteiger partial charge < -0.3 is 4.74 Å². The minimum atomic E-state index is -0.938. The van der Waals surface area contributed by atoms with Crippen molar-refractivity contribution in [2.75, 3.05) is 13.7 Å². The minimum Gasteiger partial charge on any atom is -0.384 e.